The maximum absolute atomic E-state index is 13.6. The second kappa shape index (κ2) is 9.62. The Kier molecular flexibility index (Phi) is 6.17. The summed E-state index contributed by atoms with van der Waals surface area (Å²) < 4.78 is 1.88. The van der Waals surface area contributed by atoms with Crippen LogP contribution in [0.15, 0.2) is 59.4 Å². The molecule has 6 rings (SSSR count). The molecule has 1 saturated heterocycles. The van der Waals surface area contributed by atoms with E-state index in [-0.39, 0.29) is 11.6 Å². The fourth-order valence-corrected chi connectivity index (χ4v) is 6.50. The van der Waals surface area contributed by atoms with Crippen molar-refractivity contribution in [2.45, 2.75) is 64.5 Å². The lowest BCUT2D eigenvalue weighted by Crippen LogP contribution is -2.47. The van der Waals surface area contributed by atoms with E-state index in [9.17, 15) is 4.79 Å². The Bertz CT molecular complexity index is 1400. The topological polar surface area (TPSA) is 79.7 Å². The largest absolute Gasteiger partial charge is 0.322 e. The minimum absolute atomic E-state index is 0.0612. The molecule has 0 radical (unpaired) electrons. The number of piperidine rings is 1. The van der Waals surface area contributed by atoms with Crippen molar-refractivity contribution in [1.82, 2.24) is 30.1 Å². The number of nitrogens with zero attached hydrogens (tertiary/aromatic N) is 5. The third-order valence-corrected chi connectivity index (χ3v) is 8.27. The van der Waals surface area contributed by atoms with Gasteiger partial charge in [0.1, 0.15) is 6.04 Å². The van der Waals surface area contributed by atoms with Crippen molar-refractivity contribution in [2.24, 2.45) is 5.41 Å². The smallest absolute Gasteiger partial charge is 0.253 e. The average Bonchev–Trinajstić information content (AvgIpc) is 3.33. The van der Waals surface area contributed by atoms with E-state index in [2.05, 4.69) is 56.6 Å². The molecule has 1 spiro atoms. The summed E-state index contributed by atoms with van der Waals surface area (Å²) in [5.74, 6) is 0.740. The molecule has 7 nitrogen and oxygen atoms in total. The van der Waals surface area contributed by atoms with E-state index in [1.807, 2.05) is 35.0 Å². The normalized spacial score (nSPS) is 19.0. The molecule has 2 fully saturated rings. The Morgan fingerprint density at radius 2 is 1.81 bits per heavy atom. The monoisotopic (exact) mass is 482 g/mol. The van der Waals surface area contributed by atoms with E-state index in [1.54, 1.807) is 0 Å². The van der Waals surface area contributed by atoms with Crippen LogP contribution in [-0.4, -0.2) is 43.2 Å². The van der Waals surface area contributed by atoms with Gasteiger partial charge in [-0.3, -0.25) is 9.69 Å². The quantitative estimate of drug-likeness (QED) is 0.433. The fourth-order valence-electron chi connectivity index (χ4n) is 6.50. The lowest BCUT2D eigenvalue weighted by atomic mass is 9.69. The zero-order chi connectivity index (χ0) is 24.5. The van der Waals surface area contributed by atoms with Crippen molar-refractivity contribution < 1.29 is 0 Å². The zero-order valence-corrected chi connectivity index (χ0v) is 21.0. The summed E-state index contributed by atoms with van der Waals surface area (Å²) >= 11 is 0. The molecular formula is C29H34N6O. The predicted octanol–water partition coefficient (Wildman–Crippen LogP) is 5.01. The van der Waals surface area contributed by atoms with Crippen LogP contribution >= 0.6 is 0 Å². The molecule has 2 aromatic heterocycles. The van der Waals surface area contributed by atoms with Gasteiger partial charge in [0.05, 0.1) is 6.54 Å². The second-order valence-corrected chi connectivity index (χ2v) is 10.9. The Balaban J connectivity index is 1.46. The highest BCUT2D eigenvalue weighted by Crippen LogP contribution is 2.45. The van der Waals surface area contributed by atoms with Crippen molar-refractivity contribution in [1.29, 1.82) is 0 Å². The van der Waals surface area contributed by atoms with Crippen LogP contribution in [0.5, 0.6) is 0 Å². The number of aromatic amines is 1. The number of aromatic nitrogens is 5. The van der Waals surface area contributed by atoms with E-state index in [0.717, 1.165) is 47.4 Å². The number of pyridine rings is 1. The molecule has 1 N–H and O–H groups in total. The summed E-state index contributed by atoms with van der Waals surface area (Å²) in [4.78, 5) is 19.2. The van der Waals surface area contributed by atoms with E-state index in [4.69, 9.17) is 0 Å². The molecular weight excluding hydrogens is 448 g/mol. The van der Waals surface area contributed by atoms with E-state index in [0.29, 0.717) is 12.0 Å². The van der Waals surface area contributed by atoms with Crippen LogP contribution < -0.4 is 5.56 Å². The summed E-state index contributed by atoms with van der Waals surface area (Å²) in [7, 11) is 0. The molecule has 36 heavy (non-hydrogen) atoms. The van der Waals surface area contributed by atoms with E-state index >= 15 is 0 Å². The standard InChI is InChI=1S/C29H34N6O/c1-21-11-12-25-23(17-21)18-24(28(36)30-25)26(34-16-8-15-29(20-34)13-6-3-7-14-29)27-31-32-33-35(27)19-22-9-4-2-5-10-22/h2,4-5,9-12,17-18,26H,3,6-8,13-16,19-20H2,1H3,(H,30,36). The van der Waals surface area contributed by atoms with Crippen molar-refractivity contribution in [3.63, 3.8) is 0 Å². The molecule has 0 bridgehead atoms. The Labute approximate surface area is 211 Å². The van der Waals surface area contributed by atoms with Crippen molar-refractivity contribution in [2.75, 3.05) is 13.1 Å². The number of nitrogens with one attached hydrogen (secondary N) is 1. The van der Waals surface area contributed by atoms with Gasteiger partial charge in [-0.05, 0) is 84.1 Å². The van der Waals surface area contributed by atoms with Gasteiger partial charge < -0.3 is 4.98 Å². The highest BCUT2D eigenvalue weighted by molar-refractivity contribution is 5.79. The number of fused-ring (bicyclic) bond motifs is 1. The number of rotatable bonds is 5. The first-order valence-corrected chi connectivity index (χ1v) is 13.3. The van der Waals surface area contributed by atoms with Gasteiger partial charge in [-0.25, -0.2) is 4.68 Å². The molecule has 1 aliphatic carbocycles. The highest BCUT2D eigenvalue weighted by atomic mass is 16.1. The molecule has 1 atom stereocenters. The minimum Gasteiger partial charge on any atom is -0.322 e. The van der Waals surface area contributed by atoms with Gasteiger partial charge in [0.25, 0.3) is 5.56 Å². The van der Waals surface area contributed by atoms with Gasteiger partial charge in [0.2, 0.25) is 0 Å². The van der Waals surface area contributed by atoms with Crippen molar-refractivity contribution in [3.05, 3.63) is 87.5 Å². The zero-order valence-electron chi connectivity index (χ0n) is 21.0. The van der Waals surface area contributed by atoms with Crippen LogP contribution in [0.2, 0.25) is 0 Å². The predicted molar refractivity (Wildman–Crippen MR) is 141 cm³/mol. The van der Waals surface area contributed by atoms with E-state index in [1.165, 1.54) is 44.1 Å². The molecule has 1 aliphatic heterocycles. The highest BCUT2D eigenvalue weighted by Gasteiger charge is 2.41. The molecule has 0 amide bonds. The van der Waals surface area contributed by atoms with Gasteiger partial charge >= 0.3 is 0 Å². The van der Waals surface area contributed by atoms with Gasteiger partial charge in [-0.1, -0.05) is 61.2 Å². The van der Waals surface area contributed by atoms with Crippen LogP contribution in [-0.2, 0) is 6.54 Å². The summed E-state index contributed by atoms with van der Waals surface area (Å²) in [6, 6.07) is 18.2. The van der Waals surface area contributed by atoms with Gasteiger partial charge in [0, 0.05) is 17.6 Å². The van der Waals surface area contributed by atoms with Gasteiger partial charge in [-0.2, -0.15) is 0 Å². The summed E-state index contributed by atoms with van der Waals surface area (Å²) in [5.41, 5.74) is 4.17. The van der Waals surface area contributed by atoms with Crippen molar-refractivity contribution in [3.8, 4) is 0 Å². The molecule has 4 aromatic rings. The van der Waals surface area contributed by atoms with Crippen LogP contribution in [0.3, 0.4) is 0 Å². The summed E-state index contributed by atoms with van der Waals surface area (Å²) in [6.45, 7) is 4.58. The Morgan fingerprint density at radius 1 is 1.00 bits per heavy atom. The van der Waals surface area contributed by atoms with E-state index < -0.39 is 0 Å². The number of aryl methyl sites for hydroxylation is 1. The van der Waals surface area contributed by atoms with Gasteiger partial charge in [0.15, 0.2) is 5.82 Å². The molecule has 7 heteroatoms. The number of H-pyrrole nitrogens is 1. The number of likely N-dealkylation sites (tertiary alicyclic amines) is 1. The Morgan fingerprint density at radius 3 is 2.64 bits per heavy atom. The SMILES string of the molecule is Cc1ccc2[nH]c(=O)c(C(c3nnnn3Cc3ccccc3)N3CCCC4(CCCCC4)C3)cc2c1. The summed E-state index contributed by atoms with van der Waals surface area (Å²) in [6.07, 6.45) is 8.92. The minimum atomic E-state index is -0.295. The molecule has 186 valence electrons. The summed E-state index contributed by atoms with van der Waals surface area (Å²) in [5, 5.41) is 14.1. The van der Waals surface area contributed by atoms with Crippen LogP contribution in [0.1, 0.15) is 73.5 Å². The third kappa shape index (κ3) is 4.48. The number of benzene rings is 2. The van der Waals surface area contributed by atoms with Crippen LogP contribution in [0, 0.1) is 12.3 Å². The van der Waals surface area contributed by atoms with Crippen molar-refractivity contribution >= 4 is 10.9 Å². The average molecular weight is 483 g/mol. The third-order valence-electron chi connectivity index (χ3n) is 8.27. The molecule has 2 aromatic carbocycles. The van der Waals surface area contributed by atoms with Crippen LogP contribution in [0.4, 0.5) is 0 Å². The molecule has 3 heterocycles. The molecule has 1 unspecified atom stereocenters. The fraction of sp³-hybridized carbons (Fsp3) is 0.448. The lowest BCUT2D eigenvalue weighted by Gasteiger charge is -2.47. The lowest BCUT2D eigenvalue weighted by molar-refractivity contribution is 0.0340. The number of tetrazole rings is 1. The first kappa shape index (κ1) is 23.1. The van der Waals surface area contributed by atoms with Crippen LogP contribution in [0.25, 0.3) is 10.9 Å². The first-order chi connectivity index (χ1) is 17.6. The number of hydrogen-bond acceptors (Lipinski definition) is 5. The first-order valence-electron chi connectivity index (χ1n) is 13.3. The Hall–Kier alpha value is -3.32. The second-order valence-electron chi connectivity index (χ2n) is 10.9. The number of hydrogen-bond donors (Lipinski definition) is 1. The maximum Gasteiger partial charge on any atom is 0.253 e. The van der Waals surface area contributed by atoms with Gasteiger partial charge in [-0.15, -0.1) is 5.10 Å². The maximum atomic E-state index is 13.6. The molecule has 1 saturated carbocycles. The molecule has 2 aliphatic rings.